The molecule has 0 saturated heterocycles. The van der Waals surface area contributed by atoms with Crippen LogP contribution in [0.3, 0.4) is 0 Å². The van der Waals surface area contributed by atoms with Crippen molar-refractivity contribution >= 4 is 43.4 Å². The molecule has 0 unspecified atom stereocenters. The van der Waals surface area contributed by atoms with E-state index in [2.05, 4.69) is 178 Å². The fraction of sp³-hybridized carbons (Fsp3) is 0.0926. The smallest absolute Gasteiger partial charge is 0.0791 e. The largest absolute Gasteiger partial charge is 0.264 e. The summed E-state index contributed by atoms with van der Waals surface area (Å²) in [6, 6.07) is 54.8. The predicted molar refractivity (Wildman–Crippen MR) is 239 cm³/mol. The number of rotatable bonds is 4. The maximum absolute atomic E-state index is 5.58. The lowest BCUT2D eigenvalue weighted by molar-refractivity contribution is 0.661. The Labute approximate surface area is 332 Å². The molecule has 7 aromatic carbocycles. The van der Waals surface area contributed by atoms with Crippen molar-refractivity contribution in [3.8, 4) is 55.9 Å². The molecule has 11 rings (SSSR count). The first-order valence-corrected chi connectivity index (χ1v) is 19.8. The van der Waals surface area contributed by atoms with E-state index in [-0.39, 0.29) is 5.41 Å². The molecule has 1 aliphatic carbocycles. The summed E-state index contributed by atoms with van der Waals surface area (Å²) in [7, 11) is 0. The Bertz CT molecular complexity index is 3260. The molecular weight excluding hydrogens is 691 g/mol. The van der Waals surface area contributed by atoms with Gasteiger partial charge in [-0.3, -0.25) is 4.98 Å². The average molecular weight is 730 g/mol. The third kappa shape index (κ3) is 5.02. The van der Waals surface area contributed by atoms with E-state index in [1.54, 1.807) is 0 Å². The lowest BCUT2D eigenvalue weighted by Crippen LogP contribution is -2.15. The van der Waals surface area contributed by atoms with E-state index in [4.69, 9.17) is 9.97 Å². The predicted octanol–water partition coefficient (Wildman–Crippen LogP) is 14.1. The van der Waals surface area contributed by atoms with E-state index in [0.717, 1.165) is 50.1 Å². The van der Waals surface area contributed by atoms with Crippen LogP contribution >= 0.6 is 0 Å². The maximum atomic E-state index is 5.58. The summed E-state index contributed by atoms with van der Waals surface area (Å²) in [6.45, 7) is 9.27. The SMILES string of the molecule is Cc1c2c(-c3ccccc3)nc3cc(-c4ccc5c(c4)C(C)(C)c4cc(-c6cccnc6)ccc4-5)ccc3c2c(C)c2c(-c3ccccc3)nc3ccccc3c12. The van der Waals surface area contributed by atoms with Crippen LogP contribution in [-0.4, -0.2) is 15.0 Å². The summed E-state index contributed by atoms with van der Waals surface area (Å²) < 4.78 is 0. The average Bonchev–Trinajstić information content (AvgIpc) is 3.49. The van der Waals surface area contributed by atoms with Crippen LogP contribution in [0.2, 0.25) is 0 Å². The van der Waals surface area contributed by atoms with Gasteiger partial charge >= 0.3 is 0 Å². The Morgan fingerprint density at radius 2 is 0.895 bits per heavy atom. The Kier molecular flexibility index (Phi) is 7.33. The molecule has 3 heteroatoms. The number of hydrogen-bond acceptors (Lipinski definition) is 3. The minimum atomic E-state index is -0.158. The van der Waals surface area contributed by atoms with Gasteiger partial charge < -0.3 is 0 Å². The summed E-state index contributed by atoms with van der Waals surface area (Å²) in [5.41, 5.74) is 18.5. The van der Waals surface area contributed by atoms with E-state index < -0.39 is 0 Å². The second-order valence-corrected chi connectivity index (χ2v) is 16.0. The van der Waals surface area contributed by atoms with Crippen LogP contribution in [0, 0.1) is 13.8 Å². The molecule has 0 bridgehead atoms. The molecule has 270 valence electrons. The molecule has 3 nitrogen and oxygen atoms in total. The number of nitrogens with zero attached hydrogens (tertiary/aromatic N) is 3. The normalized spacial score (nSPS) is 13.1. The van der Waals surface area contributed by atoms with Crippen molar-refractivity contribution in [3.63, 3.8) is 0 Å². The molecule has 0 aliphatic heterocycles. The van der Waals surface area contributed by atoms with Crippen molar-refractivity contribution in [2.24, 2.45) is 0 Å². The molecule has 0 radical (unpaired) electrons. The third-order valence-corrected chi connectivity index (χ3v) is 12.5. The Morgan fingerprint density at radius 3 is 1.49 bits per heavy atom. The lowest BCUT2D eigenvalue weighted by Gasteiger charge is -2.23. The van der Waals surface area contributed by atoms with Crippen LogP contribution in [0.4, 0.5) is 0 Å². The minimum Gasteiger partial charge on any atom is -0.264 e. The summed E-state index contributed by atoms with van der Waals surface area (Å²) in [5.74, 6) is 0. The summed E-state index contributed by atoms with van der Waals surface area (Å²) in [6.07, 6.45) is 3.78. The second kappa shape index (κ2) is 12.5. The number of aromatic nitrogens is 3. The van der Waals surface area contributed by atoms with Crippen molar-refractivity contribution in [1.82, 2.24) is 15.0 Å². The topological polar surface area (TPSA) is 38.7 Å². The maximum Gasteiger partial charge on any atom is 0.0791 e. The molecule has 0 saturated carbocycles. The number of para-hydroxylation sites is 1. The molecule has 10 aromatic rings. The highest BCUT2D eigenvalue weighted by Gasteiger charge is 2.36. The first-order chi connectivity index (χ1) is 27.9. The molecule has 3 aromatic heterocycles. The van der Waals surface area contributed by atoms with Gasteiger partial charge in [-0.05, 0) is 111 Å². The van der Waals surface area contributed by atoms with E-state index in [1.165, 1.54) is 71.4 Å². The van der Waals surface area contributed by atoms with Crippen molar-refractivity contribution < 1.29 is 0 Å². The molecule has 0 atom stereocenters. The monoisotopic (exact) mass is 729 g/mol. The highest BCUT2D eigenvalue weighted by atomic mass is 14.7. The van der Waals surface area contributed by atoms with Crippen LogP contribution in [-0.2, 0) is 5.41 Å². The molecule has 0 amide bonds. The van der Waals surface area contributed by atoms with E-state index in [9.17, 15) is 0 Å². The van der Waals surface area contributed by atoms with Gasteiger partial charge in [0, 0.05) is 50.5 Å². The zero-order valence-electron chi connectivity index (χ0n) is 32.4. The van der Waals surface area contributed by atoms with Gasteiger partial charge in [0.1, 0.15) is 0 Å². The lowest BCUT2D eigenvalue weighted by atomic mass is 9.81. The molecule has 57 heavy (non-hydrogen) atoms. The Balaban J connectivity index is 1.15. The van der Waals surface area contributed by atoms with Crippen LogP contribution in [0.1, 0.15) is 36.1 Å². The van der Waals surface area contributed by atoms with E-state index in [1.807, 2.05) is 18.5 Å². The quantitative estimate of drug-likeness (QED) is 0.134. The minimum absolute atomic E-state index is 0.158. The fourth-order valence-electron chi connectivity index (χ4n) is 9.66. The van der Waals surface area contributed by atoms with Gasteiger partial charge in [0.15, 0.2) is 0 Å². The van der Waals surface area contributed by atoms with Gasteiger partial charge in [-0.25, -0.2) is 9.97 Å². The number of aryl methyl sites for hydroxylation is 2. The molecule has 3 heterocycles. The summed E-state index contributed by atoms with van der Waals surface area (Å²) >= 11 is 0. The van der Waals surface area contributed by atoms with Crippen molar-refractivity contribution in [3.05, 3.63) is 186 Å². The highest BCUT2D eigenvalue weighted by molar-refractivity contribution is 6.25. The Morgan fingerprint density at radius 1 is 0.404 bits per heavy atom. The fourth-order valence-corrected chi connectivity index (χ4v) is 9.66. The van der Waals surface area contributed by atoms with Crippen LogP contribution in [0.5, 0.6) is 0 Å². The van der Waals surface area contributed by atoms with Crippen molar-refractivity contribution in [2.75, 3.05) is 0 Å². The van der Waals surface area contributed by atoms with Crippen molar-refractivity contribution in [2.45, 2.75) is 33.1 Å². The second-order valence-electron chi connectivity index (χ2n) is 16.0. The van der Waals surface area contributed by atoms with Gasteiger partial charge in [-0.2, -0.15) is 0 Å². The van der Waals surface area contributed by atoms with Crippen LogP contribution in [0.25, 0.3) is 99.2 Å². The first kappa shape index (κ1) is 33.4. The highest BCUT2D eigenvalue weighted by Crippen LogP contribution is 2.51. The van der Waals surface area contributed by atoms with Crippen LogP contribution < -0.4 is 0 Å². The zero-order valence-corrected chi connectivity index (χ0v) is 32.4. The van der Waals surface area contributed by atoms with Gasteiger partial charge in [0.2, 0.25) is 0 Å². The van der Waals surface area contributed by atoms with Gasteiger partial charge in [-0.1, -0.05) is 135 Å². The standard InChI is InChI=1S/C54H39N3/c1-32-48-42-19-11-12-20-46(42)56-52(34-14-7-5-8-15-34)50(48)33(2)49-43-26-23-38(30-47(43)57-53(51(32)49)35-16-9-6-10-17-35)36-21-24-40-41-25-22-37(39-18-13-27-55-31-39)29-45(41)54(3,4)44(40)28-36/h5-31H,1-4H3. The van der Waals surface area contributed by atoms with E-state index in [0.29, 0.717) is 0 Å². The molecular formula is C54H39N3. The summed E-state index contributed by atoms with van der Waals surface area (Å²) in [5, 5.41) is 7.20. The molecule has 0 N–H and O–H groups in total. The molecule has 0 fully saturated rings. The zero-order chi connectivity index (χ0) is 38.4. The number of fused-ring (bicyclic) bond motifs is 9. The van der Waals surface area contributed by atoms with E-state index >= 15 is 0 Å². The third-order valence-electron chi connectivity index (χ3n) is 12.5. The number of benzene rings is 7. The number of pyridine rings is 3. The van der Waals surface area contributed by atoms with Gasteiger partial charge in [0.05, 0.1) is 22.4 Å². The first-order valence-electron chi connectivity index (χ1n) is 19.8. The van der Waals surface area contributed by atoms with Gasteiger partial charge in [0.25, 0.3) is 0 Å². The summed E-state index contributed by atoms with van der Waals surface area (Å²) in [4.78, 5) is 15.3. The Hall–Kier alpha value is -6.97. The molecule has 1 aliphatic rings. The van der Waals surface area contributed by atoms with Crippen LogP contribution in [0.15, 0.2) is 164 Å². The molecule has 0 spiro atoms. The number of hydrogen-bond donors (Lipinski definition) is 0. The van der Waals surface area contributed by atoms with Gasteiger partial charge in [-0.15, -0.1) is 0 Å². The van der Waals surface area contributed by atoms with Crippen molar-refractivity contribution in [1.29, 1.82) is 0 Å².